The highest BCUT2D eigenvalue weighted by Gasteiger charge is 2.45. The van der Waals surface area contributed by atoms with Crippen LogP contribution in [0, 0.1) is 11.8 Å². The van der Waals surface area contributed by atoms with Gasteiger partial charge in [0.1, 0.15) is 5.69 Å². The van der Waals surface area contributed by atoms with E-state index in [2.05, 4.69) is 45.2 Å². The van der Waals surface area contributed by atoms with Crippen LogP contribution in [0.4, 0.5) is 0 Å². The van der Waals surface area contributed by atoms with Crippen LogP contribution in [0.1, 0.15) is 41.7 Å². The zero-order chi connectivity index (χ0) is 19.8. The van der Waals surface area contributed by atoms with Gasteiger partial charge in [-0.2, -0.15) is 0 Å². The molecule has 5 rings (SSSR count). The van der Waals surface area contributed by atoms with Crippen LogP contribution in [0.3, 0.4) is 0 Å². The van der Waals surface area contributed by atoms with Crippen molar-refractivity contribution in [1.82, 2.24) is 19.8 Å². The molecule has 2 aromatic rings. The predicted molar refractivity (Wildman–Crippen MR) is 111 cm³/mol. The molecule has 1 N–H and O–H groups in total. The fourth-order valence-electron chi connectivity index (χ4n) is 5.84. The van der Waals surface area contributed by atoms with Crippen molar-refractivity contribution in [2.24, 2.45) is 11.8 Å². The van der Waals surface area contributed by atoms with E-state index in [9.17, 15) is 9.59 Å². The Kier molecular flexibility index (Phi) is 4.96. The Labute approximate surface area is 170 Å². The van der Waals surface area contributed by atoms with Gasteiger partial charge >= 0.3 is 0 Å². The maximum Gasteiger partial charge on any atom is 0.271 e. The lowest BCUT2D eigenvalue weighted by atomic mass is 9.74. The van der Waals surface area contributed by atoms with Gasteiger partial charge in [-0.3, -0.25) is 19.5 Å². The van der Waals surface area contributed by atoms with Crippen molar-refractivity contribution in [1.29, 1.82) is 0 Å². The van der Waals surface area contributed by atoms with Gasteiger partial charge in [0.05, 0.1) is 12.4 Å². The summed E-state index contributed by atoms with van der Waals surface area (Å²) in [5.41, 5.74) is 1.40. The largest absolute Gasteiger partial charge is 0.337 e. The summed E-state index contributed by atoms with van der Waals surface area (Å²) in [4.78, 5) is 35.7. The van der Waals surface area contributed by atoms with Crippen LogP contribution in [0.2, 0.25) is 0 Å². The third-order valence-corrected chi connectivity index (χ3v) is 7.00. The van der Waals surface area contributed by atoms with Gasteiger partial charge in [0.15, 0.2) is 0 Å². The summed E-state index contributed by atoms with van der Waals surface area (Å²) in [6.07, 6.45) is 8.77. The fraction of sp³-hybridized carbons (Fsp3) is 0.522. The lowest BCUT2D eigenvalue weighted by molar-refractivity contribution is -0.0499. The summed E-state index contributed by atoms with van der Waals surface area (Å²) >= 11 is 0. The second-order valence-electron chi connectivity index (χ2n) is 8.92. The smallest absolute Gasteiger partial charge is 0.271 e. The second-order valence-corrected chi connectivity index (χ2v) is 8.92. The van der Waals surface area contributed by atoms with Gasteiger partial charge < -0.3 is 9.88 Å². The molecule has 3 fully saturated rings. The highest BCUT2D eigenvalue weighted by Crippen LogP contribution is 2.40. The standard InChI is InChI=1S/C23H28N4O2/c28-22-12-24-11-20(25-22)23(29)26-13-17-9-18(15-26)21-8-4-7-19(27(21)14-17)10-16-5-2-1-3-6-16/h1-3,5-6,11-12,17-19,21H,4,7-10,13-15H2,(H,25,28)/t17-,18+,19+,21-/m0/s1. The van der Waals surface area contributed by atoms with Crippen LogP contribution < -0.4 is 5.56 Å². The topological polar surface area (TPSA) is 69.3 Å². The van der Waals surface area contributed by atoms with Crippen molar-refractivity contribution in [3.05, 3.63) is 64.3 Å². The van der Waals surface area contributed by atoms with E-state index in [4.69, 9.17) is 0 Å². The molecule has 4 heterocycles. The van der Waals surface area contributed by atoms with Crippen LogP contribution in [0.5, 0.6) is 0 Å². The average Bonchev–Trinajstić information content (AvgIpc) is 2.74. The number of hydrogen-bond donors (Lipinski definition) is 1. The summed E-state index contributed by atoms with van der Waals surface area (Å²) in [6, 6.07) is 12.0. The number of carbonyl (C=O) groups excluding carboxylic acids is 1. The summed E-state index contributed by atoms with van der Waals surface area (Å²) in [6.45, 7) is 2.63. The molecule has 3 aliphatic heterocycles. The summed E-state index contributed by atoms with van der Waals surface area (Å²) in [5.74, 6) is 0.942. The molecule has 0 aliphatic carbocycles. The first-order chi connectivity index (χ1) is 14.2. The molecule has 1 amide bonds. The second kappa shape index (κ2) is 7.75. The van der Waals surface area contributed by atoms with Gasteiger partial charge in [0.25, 0.3) is 11.5 Å². The molecule has 2 bridgehead atoms. The first-order valence-electron chi connectivity index (χ1n) is 10.8. The van der Waals surface area contributed by atoms with E-state index in [0.29, 0.717) is 29.6 Å². The van der Waals surface area contributed by atoms with Crippen molar-refractivity contribution >= 4 is 5.91 Å². The third-order valence-electron chi connectivity index (χ3n) is 7.00. The number of aromatic amines is 1. The van der Waals surface area contributed by atoms with Crippen LogP contribution in [-0.4, -0.2) is 57.4 Å². The molecule has 6 heteroatoms. The van der Waals surface area contributed by atoms with E-state index in [1.807, 2.05) is 4.90 Å². The maximum atomic E-state index is 13.0. The highest BCUT2D eigenvalue weighted by atomic mass is 16.2. The van der Waals surface area contributed by atoms with E-state index in [1.54, 1.807) is 0 Å². The number of carbonyl (C=O) groups is 1. The highest BCUT2D eigenvalue weighted by molar-refractivity contribution is 5.92. The molecule has 3 saturated heterocycles. The molecule has 6 nitrogen and oxygen atoms in total. The SMILES string of the molecule is O=C(c1cncc(=O)[nH]1)N1C[C@@H]2C[C@H](C1)[C@@H]1CCC[C@H](Cc3ccccc3)N1C2. The van der Waals surface area contributed by atoms with E-state index < -0.39 is 0 Å². The molecule has 29 heavy (non-hydrogen) atoms. The van der Waals surface area contributed by atoms with E-state index in [-0.39, 0.29) is 11.5 Å². The number of likely N-dealkylation sites (tertiary alicyclic amines) is 1. The minimum atomic E-state index is -0.324. The Hall–Kier alpha value is -2.47. The fourth-order valence-corrected chi connectivity index (χ4v) is 5.84. The molecule has 1 aromatic heterocycles. The molecule has 0 radical (unpaired) electrons. The van der Waals surface area contributed by atoms with E-state index in [0.717, 1.165) is 26.1 Å². The molecule has 4 atom stereocenters. The van der Waals surface area contributed by atoms with Gasteiger partial charge in [-0.25, -0.2) is 0 Å². The predicted octanol–water partition coefficient (Wildman–Crippen LogP) is 2.33. The number of piperidine rings is 3. The maximum absolute atomic E-state index is 13.0. The van der Waals surface area contributed by atoms with Crippen molar-refractivity contribution in [3.8, 4) is 0 Å². The van der Waals surface area contributed by atoms with Gasteiger partial charge in [0, 0.05) is 31.7 Å². The Morgan fingerprint density at radius 3 is 2.79 bits per heavy atom. The van der Waals surface area contributed by atoms with Gasteiger partial charge in [0.2, 0.25) is 0 Å². The first kappa shape index (κ1) is 18.6. The van der Waals surface area contributed by atoms with Crippen molar-refractivity contribution < 1.29 is 4.79 Å². The Morgan fingerprint density at radius 2 is 1.97 bits per heavy atom. The minimum Gasteiger partial charge on any atom is -0.337 e. The summed E-state index contributed by atoms with van der Waals surface area (Å²) in [5, 5.41) is 0. The summed E-state index contributed by atoms with van der Waals surface area (Å²) in [7, 11) is 0. The van der Waals surface area contributed by atoms with Crippen molar-refractivity contribution in [2.75, 3.05) is 19.6 Å². The lowest BCUT2D eigenvalue weighted by Crippen LogP contribution is -2.62. The zero-order valence-electron chi connectivity index (χ0n) is 16.7. The average molecular weight is 393 g/mol. The van der Waals surface area contributed by atoms with Crippen LogP contribution in [-0.2, 0) is 6.42 Å². The number of aromatic nitrogens is 2. The minimum absolute atomic E-state index is 0.0880. The first-order valence-corrected chi connectivity index (χ1v) is 10.8. The van der Waals surface area contributed by atoms with Crippen LogP contribution in [0.25, 0.3) is 0 Å². The Balaban J connectivity index is 1.32. The van der Waals surface area contributed by atoms with Gasteiger partial charge in [-0.05, 0) is 43.1 Å². The van der Waals surface area contributed by atoms with E-state index in [1.165, 1.54) is 43.6 Å². The van der Waals surface area contributed by atoms with Crippen LogP contribution >= 0.6 is 0 Å². The van der Waals surface area contributed by atoms with Crippen molar-refractivity contribution in [2.45, 2.75) is 44.2 Å². The zero-order valence-corrected chi connectivity index (χ0v) is 16.7. The van der Waals surface area contributed by atoms with Gasteiger partial charge in [-0.15, -0.1) is 0 Å². The number of rotatable bonds is 3. The molecule has 152 valence electrons. The van der Waals surface area contributed by atoms with Crippen molar-refractivity contribution in [3.63, 3.8) is 0 Å². The monoisotopic (exact) mass is 392 g/mol. The molecular formula is C23H28N4O2. The Morgan fingerprint density at radius 1 is 1.10 bits per heavy atom. The lowest BCUT2D eigenvalue weighted by Gasteiger charge is -2.55. The number of benzene rings is 1. The summed E-state index contributed by atoms with van der Waals surface area (Å²) < 4.78 is 0. The number of hydrogen-bond acceptors (Lipinski definition) is 4. The molecule has 1 aromatic carbocycles. The Bertz CT molecular complexity index is 928. The molecule has 0 unspecified atom stereocenters. The normalized spacial score (nSPS) is 29.3. The molecular weight excluding hydrogens is 364 g/mol. The molecule has 3 aliphatic rings. The van der Waals surface area contributed by atoms with E-state index >= 15 is 0 Å². The number of nitrogens with one attached hydrogen (secondary N) is 1. The number of H-pyrrole nitrogens is 1. The number of amides is 1. The quantitative estimate of drug-likeness (QED) is 0.870. The third kappa shape index (κ3) is 3.73. The molecule has 0 saturated carbocycles. The number of nitrogens with zero attached hydrogens (tertiary/aromatic N) is 3. The number of fused-ring (bicyclic) bond motifs is 4. The molecule has 0 spiro atoms. The van der Waals surface area contributed by atoms with Crippen LogP contribution in [0.15, 0.2) is 47.5 Å². The van der Waals surface area contributed by atoms with Gasteiger partial charge in [-0.1, -0.05) is 36.8 Å².